The Hall–Kier alpha value is -0.0600. The second kappa shape index (κ2) is 8.11. The minimum absolute atomic E-state index is 0.536. The molecule has 1 aromatic heterocycles. The number of thioether (sulfide) groups is 1. The summed E-state index contributed by atoms with van der Waals surface area (Å²) in [6.45, 7) is 8.87. The average molecular weight is 317 g/mol. The molecule has 1 heterocycles. The molecule has 0 fully saturated rings. The van der Waals surface area contributed by atoms with Crippen molar-refractivity contribution in [1.29, 1.82) is 0 Å². The van der Waals surface area contributed by atoms with E-state index >= 15 is 0 Å². The molecule has 0 aliphatic heterocycles. The van der Waals surface area contributed by atoms with Gasteiger partial charge in [0, 0.05) is 22.5 Å². The van der Waals surface area contributed by atoms with Crippen molar-refractivity contribution in [2.75, 3.05) is 13.1 Å². The van der Waals surface area contributed by atoms with E-state index in [-0.39, 0.29) is 0 Å². The fourth-order valence-corrected chi connectivity index (χ4v) is 2.81. The summed E-state index contributed by atoms with van der Waals surface area (Å²) in [4.78, 5) is 4.36. The Morgan fingerprint density at radius 1 is 1.41 bits per heavy atom. The van der Waals surface area contributed by atoms with Gasteiger partial charge in [0.05, 0.1) is 0 Å². The van der Waals surface area contributed by atoms with Crippen LogP contribution in [0.1, 0.15) is 27.2 Å². The molecule has 0 aromatic carbocycles. The van der Waals surface area contributed by atoms with Crippen LogP contribution < -0.4 is 5.32 Å². The summed E-state index contributed by atoms with van der Waals surface area (Å²) in [5, 5.41) is 5.10. The maximum absolute atomic E-state index is 4.36. The van der Waals surface area contributed by atoms with E-state index in [9.17, 15) is 0 Å². The molecule has 17 heavy (non-hydrogen) atoms. The first kappa shape index (κ1) is 15.0. The quantitative estimate of drug-likeness (QED) is 0.609. The highest BCUT2D eigenvalue weighted by molar-refractivity contribution is 9.10. The monoisotopic (exact) mass is 316 g/mol. The minimum Gasteiger partial charge on any atom is -0.316 e. The summed E-state index contributed by atoms with van der Waals surface area (Å²) in [5.41, 5.74) is 0. The summed E-state index contributed by atoms with van der Waals surface area (Å²) >= 11 is 5.33. The zero-order chi connectivity index (χ0) is 12.7. The maximum Gasteiger partial charge on any atom is 0.110 e. The van der Waals surface area contributed by atoms with Crippen LogP contribution in [0.25, 0.3) is 0 Å². The van der Waals surface area contributed by atoms with Crippen molar-refractivity contribution in [2.24, 2.45) is 5.92 Å². The SMILES string of the molecule is CC(C)CCNCC(C)Sc1ncccc1Br. The molecule has 4 heteroatoms. The van der Waals surface area contributed by atoms with Crippen LogP contribution in [0.3, 0.4) is 0 Å². The van der Waals surface area contributed by atoms with Gasteiger partial charge in [-0.1, -0.05) is 20.8 Å². The first-order valence-electron chi connectivity index (χ1n) is 6.07. The van der Waals surface area contributed by atoms with E-state index in [1.807, 2.05) is 30.1 Å². The topological polar surface area (TPSA) is 24.9 Å². The molecule has 96 valence electrons. The Kier molecular flexibility index (Phi) is 7.16. The lowest BCUT2D eigenvalue weighted by atomic mass is 10.1. The van der Waals surface area contributed by atoms with Crippen molar-refractivity contribution in [1.82, 2.24) is 10.3 Å². The molecule has 0 bridgehead atoms. The van der Waals surface area contributed by atoms with Gasteiger partial charge in [0.25, 0.3) is 0 Å². The van der Waals surface area contributed by atoms with E-state index in [1.54, 1.807) is 0 Å². The van der Waals surface area contributed by atoms with E-state index in [2.05, 4.69) is 47.0 Å². The fraction of sp³-hybridized carbons (Fsp3) is 0.615. The van der Waals surface area contributed by atoms with Crippen LogP contribution in [0, 0.1) is 5.92 Å². The van der Waals surface area contributed by atoms with Crippen LogP contribution >= 0.6 is 27.7 Å². The van der Waals surface area contributed by atoms with Gasteiger partial charge >= 0.3 is 0 Å². The lowest BCUT2D eigenvalue weighted by Gasteiger charge is -2.13. The highest BCUT2D eigenvalue weighted by Gasteiger charge is 2.07. The Labute approximate surface area is 117 Å². The van der Waals surface area contributed by atoms with Gasteiger partial charge < -0.3 is 5.32 Å². The van der Waals surface area contributed by atoms with Crippen LogP contribution in [-0.4, -0.2) is 23.3 Å². The lowest BCUT2D eigenvalue weighted by molar-refractivity contribution is 0.539. The number of halogens is 1. The molecule has 0 saturated carbocycles. The number of aromatic nitrogens is 1. The van der Waals surface area contributed by atoms with Crippen LogP contribution in [0.15, 0.2) is 27.8 Å². The highest BCUT2D eigenvalue weighted by Crippen LogP contribution is 2.27. The van der Waals surface area contributed by atoms with Crippen molar-refractivity contribution < 1.29 is 0 Å². The van der Waals surface area contributed by atoms with Gasteiger partial charge in [-0.3, -0.25) is 0 Å². The van der Waals surface area contributed by atoms with Crippen molar-refractivity contribution in [3.05, 3.63) is 22.8 Å². The molecular formula is C13H21BrN2S. The van der Waals surface area contributed by atoms with Gasteiger partial charge in [0.2, 0.25) is 0 Å². The molecule has 2 nitrogen and oxygen atoms in total. The lowest BCUT2D eigenvalue weighted by Crippen LogP contribution is -2.24. The molecule has 1 rings (SSSR count). The Morgan fingerprint density at radius 3 is 2.82 bits per heavy atom. The summed E-state index contributed by atoms with van der Waals surface area (Å²) in [6, 6.07) is 3.98. The Balaban J connectivity index is 2.25. The molecule has 1 aromatic rings. The number of rotatable bonds is 7. The minimum atomic E-state index is 0.536. The van der Waals surface area contributed by atoms with Crippen LogP contribution in [0.5, 0.6) is 0 Å². The van der Waals surface area contributed by atoms with E-state index in [0.29, 0.717) is 5.25 Å². The third-order valence-electron chi connectivity index (χ3n) is 2.37. The first-order valence-corrected chi connectivity index (χ1v) is 7.74. The van der Waals surface area contributed by atoms with E-state index in [0.717, 1.165) is 28.5 Å². The van der Waals surface area contributed by atoms with Crippen molar-refractivity contribution in [3.8, 4) is 0 Å². The van der Waals surface area contributed by atoms with Crippen molar-refractivity contribution in [3.63, 3.8) is 0 Å². The first-order chi connectivity index (χ1) is 8.09. The second-order valence-corrected chi connectivity index (χ2v) is 6.89. The molecule has 1 unspecified atom stereocenters. The predicted octanol–water partition coefficient (Wildman–Crippen LogP) is 3.96. The van der Waals surface area contributed by atoms with E-state index in [1.165, 1.54) is 6.42 Å². The van der Waals surface area contributed by atoms with Crippen LogP contribution in [0.4, 0.5) is 0 Å². The zero-order valence-corrected chi connectivity index (χ0v) is 13.1. The molecule has 1 atom stereocenters. The number of hydrogen-bond acceptors (Lipinski definition) is 3. The average Bonchev–Trinajstić information content (AvgIpc) is 2.27. The number of pyridine rings is 1. The number of nitrogens with zero attached hydrogens (tertiary/aromatic N) is 1. The third-order valence-corrected chi connectivity index (χ3v) is 4.39. The maximum atomic E-state index is 4.36. The van der Waals surface area contributed by atoms with Gasteiger partial charge in [-0.2, -0.15) is 0 Å². The molecule has 0 amide bonds. The smallest absolute Gasteiger partial charge is 0.110 e. The molecule has 1 N–H and O–H groups in total. The van der Waals surface area contributed by atoms with Crippen molar-refractivity contribution >= 4 is 27.7 Å². The van der Waals surface area contributed by atoms with Crippen LogP contribution in [0.2, 0.25) is 0 Å². The number of nitrogens with one attached hydrogen (secondary N) is 1. The van der Waals surface area contributed by atoms with E-state index < -0.39 is 0 Å². The normalized spacial score (nSPS) is 13.0. The molecular weight excluding hydrogens is 296 g/mol. The van der Waals surface area contributed by atoms with E-state index in [4.69, 9.17) is 0 Å². The zero-order valence-electron chi connectivity index (χ0n) is 10.7. The fourth-order valence-electron chi connectivity index (χ4n) is 1.39. The summed E-state index contributed by atoms with van der Waals surface area (Å²) in [5.74, 6) is 0.774. The number of hydrogen-bond donors (Lipinski definition) is 1. The highest BCUT2D eigenvalue weighted by atomic mass is 79.9. The van der Waals surface area contributed by atoms with Gasteiger partial charge in [-0.05, 0) is 46.9 Å². The summed E-state index contributed by atoms with van der Waals surface area (Å²) in [7, 11) is 0. The molecule has 0 aliphatic rings. The molecule has 0 spiro atoms. The molecule has 0 aliphatic carbocycles. The third kappa shape index (κ3) is 6.43. The van der Waals surface area contributed by atoms with Gasteiger partial charge in [0.1, 0.15) is 5.03 Å². The largest absolute Gasteiger partial charge is 0.316 e. The van der Waals surface area contributed by atoms with Gasteiger partial charge in [-0.25, -0.2) is 4.98 Å². The Bertz CT molecular complexity index is 331. The van der Waals surface area contributed by atoms with Gasteiger partial charge in [-0.15, -0.1) is 11.8 Å². The predicted molar refractivity (Wildman–Crippen MR) is 79.6 cm³/mol. The molecule has 0 saturated heterocycles. The van der Waals surface area contributed by atoms with Crippen LogP contribution in [-0.2, 0) is 0 Å². The Morgan fingerprint density at radius 2 is 2.18 bits per heavy atom. The summed E-state index contributed by atoms with van der Waals surface area (Å²) in [6.07, 6.45) is 3.08. The van der Waals surface area contributed by atoms with Crippen molar-refractivity contribution in [2.45, 2.75) is 37.5 Å². The molecule has 0 radical (unpaired) electrons. The second-order valence-electron chi connectivity index (χ2n) is 4.61. The standard InChI is InChI=1S/C13H21BrN2S/c1-10(2)6-8-15-9-11(3)17-13-12(14)5-4-7-16-13/h4-5,7,10-11,15H,6,8-9H2,1-3H3. The van der Waals surface area contributed by atoms with Gasteiger partial charge in [0.15, 0.2) is 0 Å². The summed E-state index contributed by atoms with van der Waals surface area (Å²) < 4.78 is 1.08.